The fourth-order valence-corrected chi connectivity index (χ4v) is 2.18. The average Bonchev–Trinajstić information content (AvgIpc) is 2.47. The summed E-state index contributed by atoms with van der Waals surface area (Å²) in [7, 11) is 0. The van der Waals surface area contributed by atoms with E-state index >= 15 is 0 Å². The molecule has 0 aromatic heterocycles. The molecule has 0 saturated carbocycles. The minimum atomic E-state index is -1.62. The highest BCUT2D eigenvalue weighted by Crippen LogP contribution is 2.21. The maximum atomic E-state index is 12.1. The Kier molecular flexibility index (Phi) is 5.09. The van der Waals surface area contributed by atoms with Crippen LogP contribution in [0.2, 0.25) is 0 Å². The van der Waals surface area contributed by atoms with Gasteiger partial charge >= 0.3 is 12.1 Å². The van der Waals surface area contributed by atoms with E-state index in [0.29, 0.717) is 0 Å². The number of carboxylic acids is 1. The molecule has 1 N–H and O–H groups in total. The first-order valence-corrected chi connectivity index (χ1v) is 6.81. The Morgan fingerprint density at radius 1 is 1.29 bits per heavy atom. The van der Waals surface area contributed by atoms with E-state index in [4.69, 9.17) is 9.84 Å². The molecule has 1 aliphatic rings. The number of likely N-dealkylation sites (tertiary alicyclic amines) is 1. The Morgan fingerprint density at radius 2 is 1.86 bits per heavy atom. The summed E-state index contributed by atoms with van der Waals surface area (Å²) in [5, 5.41) is 8.75. The van der Waals surface area contributed by atoms with Crippen LogP contribution in [0.1, 0.15) is 34.1 Å². The molecule has 2 atom stereocenters. The van der Waals surface area contributed by atoms with Crippen LogP contribution in [0.25, 0.3) is 0 Å². The Labute approximate surface area is 123 Å². The zero-order valence-corrected chi connectivity index (χ0v) is 12.7. The first-order valence-electron chi connectivity index (χ1n) is 6.81. The summed E-state index contributed by atoms with van der Waals surface area (Å²) in [5.74, 6) is -4.96. The van der Waals surface area contributed by atoms with Gasteiger partial charge < -0.3 is 14.7 Å². The average molecular weight is 299 g/mol. The zero-order chi connectivity index (χ0) is 16.4. The van der Waals surface area contributed by atoms with Crippen molar-refractivity contribution in [2.75, 3.05) is 13.1 Å². The first kappa shape index (κ1) is 17.1. The lowest BCUT2D eigenvalue weighted by Gasteiger charge is -2.27. The van der Waals surface area contributed by atoms with Crippen molar-refractivity contribution in [3.63, 3.8) is 0 Å². The van der Waals surface area contributed by atoms with Crippen LogP contribution < -0.4 is 0 Å². The summed E-state index contributed by atoms with van der Waals surface area (Å²) in [6.07, 6.45) is -0.557. The van der Waals surface area contributed by atoms with E-state index in [1.165, 1.54) is 4.90 Å². The number of hydrogen-bond donors (Lipinski definition) is 1. The van der Waals surface area contributed by atoms with Gasteiger partial charge in [-0.3, -0.25) is 9.59 Å². The van der Waals surface area contributed by atoms with Crippen LogP contribution in [-0.4, -0.2) is 52.3 Å². The van der Waals surface area contributed by atoms with E-state index in [1.807, 2.05) is 0 Å². The van der Waals surface area contributed by atoms with E-state index in [9.17, 15) is 19.2 Å². The predicted molar refractivity (Wildman–Crippen MR) is 72.7 cm³/mol. The van der Waals surface area contributed by atoms with Crippen molar-refractivity contribution in [1.82, 2.24) is 4.90 Å². The molecule has 118 valence electrons. The molecule has 7 heteroatoms. The molecule has 2 unspecified atom stereocenters. The monoisotopic (exact) mass is 299 g/mol. The summed E-state index contributed by atoms with van der Waals surface area (Å²) in [6, 6.07) is 0. The number of ketones is 2. The van der Waals surface area contributed by atoms with Gasteiger partial charge in [0.05, 0.1) is 5.92 Å². The van der Waals surface area contributed by atoms with Gasteiger partial charge in [0.2, 0.25) is 5.78 Å². The van der Waals surface area contributed by atoms with E-state index in [-0.39, 0.29) is 19.5 Å². The van der Waals surface area contributed by atoms with Crippen molar-refractivity contribution in [2.24, 2.45) is 11.8 Å². The Hall–Kier alpha value is -1.92. The summed E-state index contributed by atoms with van der Waals surface area (Å²) in [5.41, 5.74) is -0.660. The molecule has 1 saturated heterocycles. The van der Waals surface area contributed by atoms with Gasteiger partial charge in [-0.1, -0.05) is 6.92 Å². The highest BCUT2D eigenvalue weighted by atomic mass is 16.6. The standard InChI is InChI=1S/C14H21NO6/c1-8-7-15(13(20)21-14(2,3)4)6-5-9(10(8)16)11(17)12(18)19/h8-9H,5-7H2,1-4H3,(H,18,19). The number of nitrogens with zero attached hydrogens (tertiary/aromatic N) is 1. The van der Waals surface area contributed by atoms with Gasteiger partial charge in [-0.05, 0) is 27.2 Å². The Bertz CT molecular complexity index is 465. The quantitative estimate of drug-likeness (QED) is 0.605. The fraction of sp³-hybridized carbons (Fsp3) is 0.714. The molecule has 1 aliphatic heterocycles. The first-order chi connectivity index (χ1) is 9.53. The second-order valence-electron chi connectivity index (χ2n) is 6.24. The lowest BCUT2D eigenvalue weighted by molar-refractivity contribution is -0.153. The van der Waals surface area contributed by atoms with Gasteiger partial charge in [-0.15, -0.1) is 0 Å². The highest BCUT2D eigenvalue weighted by Gasteiger charge is 2.38. The van der Waals surface area contributed by atoms with Crippen molar-refractivity contribution < 1.29 is 29.0 Å². The van der Waals surface area contributed by atoms with E-state index < -0.39 is 41.1 Å². The maximum absolute atomic E-state index is 12.1. The molecular weight excluding hydrogens is 278 g/mol. The minimum Gasteiger partial charge on any atom is -0.475 e. The van der Waals surface area contributed by atoms with Gasteiger partial charge in [0, 0.05) is 19.0 Å². The van der Waals surface area contributed by atoms with E-state index in [1.54, 1.807) is 27.7 Å². The molecule has 7 nitrogen and oxygen atoms in total. The molecule has 1 fully saturated rings. The SMILES string of the molecule is CC1CN(C(=O)OC(C)(C)C)CCC(C(=O)C(=O)O)C1=O. The van der Waals surface area contributed by atoms with Crippen LogP contribution in [0.4, 0.5) is 4.79 Å². The molecule has 1 amide bonds. The molecule has 1 rings (SSSR count). The molecule has 21 heavy (non-hydrogen) atoms. The van der Waals surface area contributed by atoms with Crippen molar-refractivity contribution in [2.45, 2.75) is 39.7 Å². The molecule has 0 bridgehead atoms. The Balaban J connectivity index is 2.85. The normalized spacial score (nSPS) is 23.4. The lowest BCUT2D eigenvalue weighted by atomic mass is 9.89. The van der Waals surface area contributed by atoms with Crippen LogP contribution in [0, 0.1) is 11.8 Å². The summed E-state index contributed by atoms with van der Waals surface area (Å²) >= 11 is 0. The van der Waals surface area contributed by atoms with Crippen LogP contribution in [-0.2, 0) is 19.1 Å². The Morgan fingerprint density at radius 3 is 2.33 bits per heavy atom. The highest BCUT2D eigenvalue weighted by molar-refractivity contribution is 6.37. The maximum Gasteiger partial charge on any atom is 0.410 e. The van der Waals surface area contributed by atoms with Crippen LogP contribution in [0.5, 0.6) is 0 Å². The summed E-state index contributed by atoms with van der Waals surface area (Å²) in [6.45, 7) is 7.01. The van der Waals surface area contributed by atoms with Crippen molar-refractivity contribution >= 4 is 23.6 Å². The molecule has 0 radical (unpaired) electrons. The van der Waals surface area contributed by atoms with E-state index in [0.717, 1.165) is 0 Å². The number of Topliss-reactive ketones (excluding diaryl/α,β-unsaturated/α-hetero) is 2. The van der Waals surface area contributed by atoms with Crippen molar-refractivity contribution in [3.05, 3.63) is 0 Å². The molecule has 1 heterocycles. The van der Waals surface area contributed by atoms with Gasteiger partial charge in [0.25, 0.3) is 0 Å². The smallest absolute Gasteiger partial charge is 0.410 e. The largest absolute Gasteiger partial charge is 0.475 e. The van der Waals surface area contributed by atoms with Crippen LogP contribution >= 0.6 is 0 Å². The minimum absolute atomic E-state index is 0.00749. The third-order valence-corrected chi connectivity index (χ3v) is 3.19. The number of carbonyl (C=O) groups is 4. The molecule has 0 aromatic carbocycles. The van der Waals surface area contributed by atoms with Gasteiger partial charge in [0.1, 0.15) is 11.4 Å². The number of aliphatic carboxylic acids is 1. The second kappa shape index (κ2) is 6.24. The lowest BCUT2D eigenvalue weighted by Crippen LogP contribution is -2.39. The number of hydrogen-bond acceptors (Lipinski definition) is 5. The van der Waals surface area contributed by atoms with E-state index in [2.05, 4.69) is 0 Å². The van der Waals surface area contributed by atoms with Gasteiger partial charge in [-0.25, -0.2) is 9.59 Å². The van der Waals surface area contributed by atoms with Crippen molar-refractivity contribution in [1.29, 1.82) is 0 Å². The second-order valence-corrected chi connectivity index (χ2v) is 6.24. The molecule has 0 spiro atoms. The van der Waals surface area contributed by atoms with Crippen molar-refractivity contribution in [3.8, 4) is 0 Å². The van der Waals surface area contributed by atoms with Crippen LogP contribution in [0.15, 0.2) is 0 Å². The van der Waals surface area contributed by atoms with Crippen LogP contribution in [0.3, 0.4) is 0 Å². The number of rotatable bonds is 2. The molecule has 0 aromatic rings. The molecule has 0 aliphatic carbocycles. The summed E-state index contributed by atoms with van der Waals surface area (Å²) < 4.78 is 5.23. The fourth-order valence-electron chi connectivity index (χ4n) is 2.18. The predicted octanol–water partition coefficient (Wildman–Crippen LogP) is 1.10. The number of carbonyl (C=O) groups excluding carboxylic acids is 3. The number of ether oxygens (including phenoxy) is 1. The van der Waals surface area contributed by atoms with Gasteiger partial charge in [-0.2, -0.15) is 0 Å². The molecular formula is C14H21NO6. The number of carboxylic acid groups (broad SMARTS) is 1. The zero-order valence-electron chi connectivity index (χ0n) is 12.7. The van der Waals surface area contributed by atoms with Gasteiger partial charge in [0.15, 0.2) is 0 Å². The number of amides is 1. The third kappa shape index (κ3) is 4.54. The topological polar surface area (TPSA) is 101 Å². The summed E-state index contributed by atoms with van der Waals surface area (Å²) in [4.78, 5) is 47.8. The third-order valence-electron chi connectivity index (χ3n) is 3.19.